The predicted molar refractivity (Wildman–Crippen MR) is 69.6 cm³/mol. The highest BCUT2D eigenvalue weighted by atomic mass is 16.5. The van der Waals surface area contributed by atoms with Gasteiger partial charge in [-0.1, -0.05) is 6.92 Å². The molecule has 2 N–H and O–H groups in total. The number of amides is 1. The molecule has 1 aromatic heterocycles. The molecule has 100 valence electrons. The van der Waals surface area contributed by atoms with E-state index in [1.807, 2.05) is 13.8 Å². The molecule has 1 rings (SSSR count). The number of carbonyl (C=O) groups excluding carboxylic acids is 1. The van der Waals surface area contributed by atoms with Crippen LogP contribution in [0.25, 0.3) is 0 Å². The smallest absolute Gasteiger partial charge is 0.242 e. The van der Waals surface area contributed by atoms with Crippen LogP contribution in [0.4, 0.5) is 5.95 Å². The Kier molecular flexibility index (Phi) is 5.90. The van der Waals surface area contributed by atoms with Crippen molar-refractivity contribution < 1.29 is 9.53 Å². The zero-order chi connectivity index (χ0) is 13.4. The van der Waals surface area contributed by atoms with E-state index in [2.05, 4.69) is 20.6 Å². The molecular formula is C12H20N4O2. The lowest BCUT2D eigenvalue weighted by molar-refractivity contribution is -0.121. The van der Waals surface area contributed by atoms with Crippen molar-refractivity contribution in [1.29, 1.82) is 0 Å². The molecule has 0 aromatic carbocycles. The second kappa shape index (κ2) is 7.47. The molecule has 0 saturated heterocycles. The number of hydrogen-bond acceptors (Lipinski definition) is 5. The molecule has 0 aliphatic rings. The molecule has 0 radical (unpaired) electrons. The van der Waals surface area contributed by atoms with Crippen molar-refractivity contribution >= 4 is 11.9 Å². The van der Waals surface area contributed by atoms with Gasteiger partial charge in [0.15, 0.2) is 0 Å². The van der Waals surface area contributed by atoms with Gasteiger partial charge < -0.3 is 15.4 Å². The number of nitrogens with one attached hydrogen (secondary N) is 2. The summed E-state index contributed by atoms with van der Waals surface area (Å²) in [6.07, 6.45) is 2.52. The Morgan fingerprint density at radius 1 is 1.50 bits per heavy atom. The summed E-state index contributed by atoms with van der Waals surface area (Å²) >= 11 is 0. The number of anilines is 1. The first-order valence-corrected chi connectivity index (χ1v) is 6.17. The fourth-order valence-electron chi connectivity index (χ4n) is 1.29. The van der Waals surface area contributed by atoms with Crippen LogP contribution in [0.15, 0.2) is 12.3 Å². The van der Waals surface area contributed by atoms with E-state index in [9.17, 15) is 4.79 Å². The van der Waals surface area contributed by atoms with Crippen molar-refractivity contribution in [3.05, 3.63) is 12.3 Å². The molecule has 18 heavy (non-hydrogen) atoms. The van der Waals surface area contributed by atoms with Crippen LogP contribution in [0, 0.1) is 0 Å². The standard InChI is InChI=1S/C12H20N4O2/c1-4-8-18-10-6-7-14-12(16-10)15-9(3)11(17)13-5-2/h6-7,9H,4-5,8H2,1-3H3,(H,13,17)(H,14,15,16). The molecule has 0 fully saturated rings. The van der Waals surface area contributed by atoms with Crippen LogP contribution in [-0.2, 0) is 4.79 Å². The summed E-state index contributed by atoms with van der Waals surface area (Å²) in [5, 5.41) is 5.66. The van der Waals surface area contributed by atoms with Gasteiger partial charge in [0.2, 0.25) is 17.7 Å². The molecule has 1 amide bonds. The lowest BCUT2D eigenvalue weighted by Gasteiger charge is -2.13. The Labute approximate surface area is 107 Å². The van der Waals surface area contributed by atoms with Gasteiger partial charge in [0, 0.05) is 18.8 Å². The van der Waals surface area contributed by atoms with Crippen molar-refractivity contribution in [1.82, 2.24) is 15.3 Å². The van der Waals surface area contributed by atoms with Crippen molar-refractivity contribution in [2.45, 2.75) is 33.2 Å². The maximum atomic E-state index is 11.5. The second-order valence-electron chi connectivity index (χ2n) is 3.83. The quantitative estimate of drug-likeness (QED) is 0.762. The van der Waals surface area contributed by atoms with E-state index < -0.39 is 0 Å². The minimum absolute atomic E-state index is 0.0824. The van der Waals surface area contributed by atoms with Crippen LogP contribution >= 0.6 is 0 Å². The van der Waals surface area contributed by atoms with Gasteiger partial charge in [-0.05, 0) is 20.3 Å². The summed E-state index contributed by atoms with van der Waals surface area (Å²) in [5.41, 5.74) is 0. The Morgan fingerprint density at radius 2 is 2.28 bits per heavy atom. The van der Waals surface area contributed by atoms with E-state index >= 15 is 0 Å². The van der Waals surface area contributed by atoms with Gasteiger partial charge in [0.05, 0.1) is 6.61 Å². The van der Waals surface area contributed by atoms with Crippen molar-refractivity contribution in [2.24, 2.45) is 0 Å². The fraction of sp³-hybridized carbons (Fsp3) is 0.583. The average Bonchev–Trinajstić information content (AvgIpc) is 2.37. The number of hydrogen-bond donors (Lipinski definition) is 2. The van der Waals surface area contributed by atoms with Gasteiger partial charge in [-0.25, -0.2) is 4.98 Å². The summed E-state index contributed by atoms with van der Waals surface area (Å²) < 4.78 is 5.39. The number of rotatable bonds is 7. The SMILES string of the molecule is CCCOc1ccnc(NC(C)C(=O)NCC)n1. The number of aromatic nitrogens is 2. The minimum atomic E-state index is -0.383. The number of ether oxygens (including phenoxy) is 1. The summed E-state index contributed by atoms with van der Waals surface area (Å²) in [6.45, 7) is 6.87. The van der Waals surface area contributed by atoms with E-state index in [0.29, 0.717) is 25.0 Å². The van der Waals surface area contributed by atoms with E-state index in [0.717, 1.165) is 6.42 Å². The maximum absolute atomic E-state index is 11.5. The Hall–Kier alpha value is -1.85. The predicted octanol–water partition coefficient (Wildman–Crippen LogP) is 1.20. The van der Waals surface area contributed by atoms with Crippen molar-refractivity contribution in [3.8, 4) is 5.88 Å². The Balaban J connectivity index is 2.58. The topological polar surface area (TPSA) is 76.1 Å². The van der Waals surface area contributed by atoms with Crippen molar-refractivity contribution in [3.63, 3.8) is 0 Å². The first kappa shape index (κ1) is 14.2. The highest BCUT2D eigenvalue weighted by Gasteiger charge is 2.12. The van der Waals surface area contributed by atoms with Gasteiger partial charge in [-0.15, -0.1) is 0 Å². The van der Waals surface area contributed by atoms with Gasteiger partial charge in [-0.2, -0.15) is 4.98 Å². The highest BCUT2D eigenvalue weighted by molar-refractivity contribution is 5.83. The Bertz CT molecular complexity index is 384. The summed E-state index contributed by atoms with van der Waals surface area (Å²) in [4.78, 5) is 19.8. The Morgan fingerprint density at radius 3 is 2.94 bits per heavy atom. The molecule has 0 spiro atoms. The van der Waals surface area contributed by atoms with Crippen LogP contribution in [-0.4, -0.2) is 35.1 Å². The molecule has 6 heteroatoms. The van der Waals surface area contributed by atoms with Crippen LogP contribution in [0.3, 0.4) is 0 Å². The van der Waals surface area contributed by atoms with Crippen LogP contribution in [0.2, 0.25) is 0 Å². The summed E-state index contributed by atoms with van der Waals surface area (Å²) in [5.74, 6) is 0.820. The average molecular weight is 252 g/mol. The fourth-order valence-corrected chi connectivity index (χ4v) is 1.29. The van der Waals surface area contributed by atoms with Gasteiger partial charge in [0.1, 0.15) is 6.04 Å². The zero-order valence-electron chi connectivity index (χ0n) is 11.1. The van der Waals surface area contributed by atoms with Crippen LogP contribution in [0.1, 0.15) is 27.2 Å². The zero-order valence-corrected chi connectivity index (χ0v) is 11.1. The van der Waals surface area contributed by atoms with Gasteiger partial charge in [-0.3, -0.25) is 4.79 Å². The van der Waals surface area contributed by atoms with Crippen LogP contribution in [0.5, 0.6) is 5.88 Å². The molecule has 1 aromatic rings. The van der Waals surface area contributed by atoms with E-state index in [1.54, 1.807) is 19.2 Å². The van der Waals surface area contributed by atoms with Gasteiger partial charge in [0.25, 0.3) is 0 Å². The first-order chi connectivity index (χ1) is 8.67. The van der Waals surface area contributed by atoms with Crippen molar-refractivity contribution in [2.75, 3.05) is 18.5 Å². The van der Waals surface area contributed by atoms with E-state index in [-0.39, 0.29) is 11.9 Å². The third-order valence-corrected chi connectivity index (χ3v) is 2.17. The number of carbonyl (C=O) groups is 1. The maximum Gasteiger partial charge on any atom is 0.242 e. The first-order valence-electron chi connectivity index (χ1n) is 6.17. The number of likely N-dealkylation sites (N-methyl/N-ethyl adjacent to an activating group) is 1. The number of nitrogens with zero attached hydrogens (tertiary/aromatic N) is 2. The highest BCUT2D eigenvalue weighted by Crippen LogP contribution is 2.09. The van der Waals surface area contributed by atoms with E-state index in [1.165, 1.54) is 0 Å². The molecule has 0 bridgehead atoms. The minimum Gasteiger partial charge on any atom is -0.478 e. The molecule has 6 nitrogen and oxygen atoms in total. The molecular weight excluding hydrogens is 232 g/mol. The molecule has 0 aliphatic carbocycles. The molecule has 0 saturated carbocycles. The molecule has 1 heterocycles. The normalized spacial score (nSPS) is 11.7. The van der Waals surface area contributed by atoms with E-state index in [4.69, 9.17) is 4.74 Å². The molecule has 0 aliphatic heterocycles. The second-order valence-corrected chi connectivity index (χ2v) is 3.83. The van der Waals surface area contributed by atoms with Crippen LogP contribution < -0.4 is 15.4 Å². The largest absolute Gasteiger partial charge is 0.478 e. The van der Waals surface area contributed by atoms with Gasteiger partial charge >= 0.3 is 0 Å². The molecule has 1 atom stereocenters. The lowest BCUT2D eigenvalue weighted by atomic mass is 10.3. The summed E-state index contributed by atoms with van der Waals surface area (Å²) in [6, 6.07) is 1.31. The third kappa shape index (κ3) is 4.57. The third-order valence-electron chi connectivity index (χ3n) is 2.17. The lowest BCUT2D eigenvalue weighted by Crippen LogP contribution is -2.37. The summed E-state index contributed by atoms with van der Waals surface area (Å²) in [7, 11) is 0. The monoisotopic (exact) mass is 252 g/mol. The molecule has 1 unspecified atom stereocenters.